The molecule has 1 spiro atoms. The van der Waals surface area contributed by atoms with Gasteiger partial charge in [0.2, 0.25) is 0 Å². The molecular formula is C43H62O12. The van der Waals surface area contributed by atoms with Crippen LogP contribution in [0.4, 0.5) is 0 Å². The van der Waals surface area contributed by atoms with Crippen molar-refractivity contribution in [3.63, 3.8) is 0 Å². The van der Waals surface area contributed by atoms with Gasteiger partial charge >= 0.3 is 5.97 Å². The molecule has 11 heterocycles. The second-order valence-corrected chi connectivity index (χ2v) is 18.8. The van der Waals surface area contributed by atoms with Crippen molar-refractivity contribution in [2.75, 3.05) is 13.7 Å². The zero-order valence-corrected chi connectivity index (χ0v) is 33.1. The van der Waals surface area contributed by atoms with Crippen LogP contribution in [-0.4, -0.2) is 129 Å². The summed E-state index contributed by atoms with van der Waals surface area (Å²) in [5, 5.41) is 0. The molecule has 0 unspecified atom stereocenters. The molecule has 11 rings (SSSR count). The van der Waals surface area contributed by atoms with Gasteiger partial charge in [0.1, 0.15) is 36.6 Å². The Kier molecular flexibility index (Phi) is 10.1. The van der Waals surface area contributed by atoms with Gasteiger partial charge in [-0.1, -0.05) is 33.9 Å². The van der Waals surface area contributed by atoms with Crippen LogP contribution in [0.3, 0.4) is 0 Å². The molecule has 0 aromatic heterocycles. The van der Waals surface area contributed by atoms with Crippen molar-refractivity contribution < 1.29 is 56.9 Å². The Morgan fingerprint density at radius 1 is 0.655 bits per heavy atom. The first-order valence-corrected chi connectivity index (χ1v) is 21.5. The minimum atomic E-state index is -0.786. The summed E-state index contributed by atoms with van der Waals surface area (Å²) in [4.78, 5) is 14.1. The molecule has 0 N–H and O–H groups in total. The molecule has 0 radical (unpaired) electrons. The molecular weight excluding hydrogens is 708 g/mol. The minimum absolute atomic E-state index is 0.00860. The van der Waals surface area contributed by atoms with Crippen LogP contribution in [0, 0.1) is 17.8 Å². The van der Waals surface area contributed by atoms with Crippen molar-refractivity contribution in [2.45, 2.75) is 207 Å². The Labute approximate surface area is 325 Å². The Bertz CT molecular complexity index is 1490. The predicted octanol–water partition coefficient (Wildman–Crippen LogP) is 5.13. The number of hydrogen-bond acceptors (Lipinski definition) is 12. The fourth-order valence-electron chi connectivity index (χ4n) is 12.1. The summed E-state index contributed by atoms with van der Waals surface area (Å²) in [5.74, 6) is -0.637. The van der Waals surface area contributed by atoms with E-state index in [-0.39, 0.29) is 128 Å². The molecule has 306 valence electrons. The van der Waals surface area contributed by atoms with Gasteiger partial charge in [0.15, 0.2) is 5.79 Å². The highest BCUT2D eigenvalue weighted by Gasteiger charge is 2.69. The third kappa shape index (κ3) is 6.80. The Balaban J connectivity index is 0.934. The Morgan fingerprint density at radius 3 is 2.25 bits per heavy atom. The van der Waals surface area contributed by atoms with E-state index in [1.54, 1.807) is 7.11 Å². The van der Waals surface area contributed by atoms with Crippen molar-refractivity contribution in [3.8, 4) is 0 Å². The lowest BCUT2D eigenvalue weighted by atomic mass is 9.78. The first kappa shape index (κ1) is 37.8. The summed E-state index contributed by atoms with van der Waals surface area (Å²) in [6, 6.07) is 0. The molecule has 11 aliphatic heterocycles. The largest absolute Gasteiger partial charge is 0.459 e. The van der Waals surface area contributed by atoms with Crippen LogP contribution in [-0.2, 0) is 56.9 Å². The summed E-state index contributed by atoms with van der Waals surface area (Å²) in [7, 11) is 1.71. The summed E-state index contributed by atoms with van der Waals surface area (Å²) >= 11 is 0. The molecule has 12 heteroatoms. The minimum Gasteiger partial charge on any atom is -0.459 e. The lowest BCUT2D eigenvalue weighted by molar-refractivity contribution is -0.293. The smallest absolute Gasteiger partial charge is 0.308 e. The fourth-order valence-corrected chi connectivity index (χ4v) is 12.1. The van der Waals surface area contributed by atoms with Crippen LogP contribution in [0.1, 0.15) is 97.8 Å². The van der Waals surface area contributed by atoms with Gasteiger partial charge in [-0.3, -0.25) is 4.79 Å². The highest BCUT2D eigenvalue weighted by Crippen LogP contribution is 2.54. The summed E-state index contributed by atoms with van der Waals surface area (Å²) in [6.45, 7) is 16.1. The van der Waals surface area contributed by atoms with E-state index in [1.807, 2.05) is 0 Å². The maximum absolute atomic E-state index is 14.1. The van der Waals surface area contributed by atoms with E-state index in [2.05, 4.69) is 33.9 Å². The summed E-state index contributed by atoms with van der Waals surface area (Å²) < 4.78 is 73.2. The zero-order chi connectivity index (χ0) is 37.7. The average molecular weight is 771 g/mol. The zero-order valence-electron chi connectivity index (χ0n) is 33.1. The molecule has 0 aliphatic carbocycles. The Hall–Kier alpha value is -1.45. The van der Waals surface area contributed by atoms with E-state index >= 15 is 0 Å². The normalized spacial score (nSPS) is 54.9. The van der Waals surface area contributed by atoms with E-state index < -0.39 is 11.9 Å². The van der Waals surface area contributed by atoms with Gasteiger partial charge in [-0.25, -0.2) is 0 Å². The second kappa shape index (κ2) is 14.7. The molecule has 0 saturated carbocycles. The number of methoxy groups -OCH3 is 1. The van der Waals surface area contributed by atoms with E-state index in [0.29, 0.717) is 32.3 Å². The maximum atomic E-state index is 14.1. The molecule has 11 saturated heterocycles. The number of ether oxygens (including phenoxy) is 11. The second-order valence-electron chi connectivity index (χ2n) is 18.8. The van der Waals surface area contributed by atoms with Crippen molar-refractivity contribution in [1.82, 2.24) is 0 Å². The van der Waals surface area contributed by atoms with Crippen molar-refractivity contribution in [2.24, 2.45) is 17.8 Å². The SMILES string of the molecule is C=C1C[C@@H]2CC[C@@]34C[C@H]5O[C@H]6[C@@H](O3)[C@H]3O[C@H](CC[C@@H]3O[C@H]6[C@H]5O4)CC(=O)O[C@@H]3[C@@H](C)[C@@H]4O[C@H](COC)[C@H](C)C[C@@H]4O[C@H]3C[C@H]3O[C@@H](CC[C@@H]1O2)C[C@@H](C)C3=C. The number of fused-ring (bicyclic) bond motifs is 7. The number of carbonyl (C=O) groups excluding carboxylic acids is 1. The molecule has 12 bridgehead atoms. The highest BCUT2D eigenvalue weighted by atomic mass is 16.8. The summed E-state index contributed by atoms with van der Waals surface area (Å²) in [6.07, 6.45) is 5.30. The molecule has 0 amide bonds. The third-order valence-electron chi connectivity index (χ3n) is 15.1. The van der Waals surface area contributed by atoms with Crippen LogP contribution in [0.5, 0.6) is 0 Å². The number of hydrogen-bond donors (Lipinski definition) is 0. The molecule has 12 nitrogen and oxygen atoms in total. The van der Waals surface area contributed by atoms with Crippen LogP contribution in [0.25, 0.3) is 0 Å². The first-order valence-electron chi connectivity index (χ1n) is 21.5. The average Bonchev–Trinajstić information content (AvgIpc) is 3.74. The van der Waals surface area contributed by atoms with E-state index in [9.17, 15) is 4.79 Å². The summed E-state index contributed by atoms with van der Waals surface area (Å²) in [5.41, 5.74) is 2.23. The van der Waals surface area contributed by atoms with Crippen molar-refractivity contribution in [3.05, 3.63) is 24.3 Å². The van der Waals surface area contributed by atoms with Crippen LogP contribution in [0.15, 0.2) is 24.3 Å². The number of rotatable bonds is 2. The molecule has 0 aromatic carbocycles. The van der Waals surface area contributed by atoms with E-state index in [1.165, 1.54) is 0 Å². The van der Waals surface area contributed by atoms with Gasteiger partial charge in [-0.15, -0.1) is 0 Å². The van der Waals surface area contributed by atoms with Gasteiger partial charge in [0.25, 0.3) is 0 Å². The van der Waals surface area contributed by atoms with Crippen LogP contribution < -0.4 is 0 Å². The van der Waals surface area contributed by atoms with Crippen LogP contribution in [0.2, 0.25) is 0 Å². The molecule has 21 atom stereocenters. The molecule has 55 heavy (non-hydrogen) atoms. The molecule has 0 aromatic rings. The standard InChI is InChI=1S/C43H62O12/c1-20-13-25-7-9-28-21(2)14-27(46-28)11-12-43-18-33-39(54-43)40-41(51-33)42(55-43)38-29(50-40)10-8-26(48-38)16-35(44)53-37-24(5)36-31(15-22(3)34(52-36)19-45-6)49-32(37)17-30(47-25)23(20)4/h20,22,24-34,36-42H,2,4,7-19H2,1,3,5-6H3/t20-,22-,24+,25+,26-,27+,28+,29+,30-,31+,32+,33-,34-,36+,37-,38+,39+,40+,41-,42+,43+/m1/s1. The van der Waals surface area contributed by atoms with E-state index in [4.69, 9.17) is 52.1 Å². The topological polar surface area (TPSA) is 119 Å². The lowest BCUT2D eigenvalue weighted by Crippen LogP contribution is -2.62. The highest BCUT2D eigenvalue weighted by molar-refractivity contribution is 5.70. The lowest BCUT2D eigenvalue weighted by Gasteiger charge is -2.51. The van der Waals surface area contributed by atoms with Gasteiger partial charge in [0.05, 0.1) is 80.2 Å². The van der Waals surface area contributed by atoms with Crippen LogP contribution >= 0.6 is 0 Å². The van der Waals surface area contributed by atoms with Gasteiger partial charge < -0.3 is 52.1 Å². The number of esters is 1. The van der Waals surface area contributed by atoms with Crippen molar-refractivity contribution in [1.29, 1.82) is 0 Å². The predicted molar refractivity (Wildman–Crippen MR) is 196 cm³/mol. The maximum Gasteiger partial charge on any atom is 0.308 e. The van der Waals surface area contributed by atoms with Gasteiger partial charge in [0, 0.05) is 32.3 Å². The van der Waals surface area contributed by atoms with Gasteiger partial charge in [-0.2, -0.15) is 0 Å². The quantitative estimate of drug-likeness (QED) is 0.274. The fraction of sp³-hybridized carbons (Fsp3) is 0.884. The van der Waals surface area contributed by atoms with E-state index in [0.717, 1.165) is 56.1 Å². The number of carbonyl (C=O) groups is 1. The first-order chi connectivity index (χ1) is 26.5. The third-order valence-corrected chi connectivity index (χ3v) is 15.1. The Morgan fingerprint density at radius 2 is 1.40 bits per heavy atom. The monoisotopic (exact) mass is 770 g/mol. The molecule has 11 aliphatic rings. The molecule has 11 fully saturated rings. The van der Waals surface area contributed by atoms with Gasteiger partial charge in [-0.05, 0) is 74.3 Å². The van der Waals surface area contributed by atoms with Crippen molar-refractivity contribution >= 4 is 5.97 Å².